The average Bonchev–Trinajstić information content (AvgIpc) is 2.62. The molecule has 25 heavy (non-hydrogen) atoms. The summed E-state index contributed by atoms with van der Waals surface area (Å²) in [6, 6.07) is 13.4. The van der Waals surface area contributed by atoms with Crippen molar-refractivity contribution in [2.45, 2.75) is 26.4 Å². The molecule has 0 aliphatic rings. The molecule has 6 heteroatoms. The summed E-state index contributed by atoms with van der Waals surface area (Å²) in [6.45, 7) is 3.92. The first-order valence-corrected chi connectivity index (χ1v) is 8.37. The molecule has 2 aromatic rings. The lowest BCUT2D eigenvalue weighted by molar-refractivity contribution is -0.151. The summed E-state index contributed by atoms with van der Waals surface area (Å²) >= 11 is 5.81. The van der Waals surface area contributed by atoms with Crippen molar-refractivity contribution in [1.29, 1.82) is 0 Å². The second kappa shape index (κ2) is 9.08. The molecule has 1 N–H and O–H groups in total. The smallest absolute Gasteiger partial charge is 0.347 e. The van der Waals surface area contributed by atoms with Gasteiger partial charge in [0, 0.05) is 16.3 Å². The highest BCUT2D eigenvalue weighted by Crippen LogP contribution is 2.17. The standard InChI is InChI=1S/C19H20ClNO4/c1-3-12-24-19(23)13(2)25-17-10-4-14(5-11-17)18(22)21-16-8-6-15(20)7-9-16/h4-11,13H,3,12H2,1-2H3,(H,21,22). The van der Waals surface area contributed by atoms with Crippen LogP contribution in [0.15, 0.2) is 48.5 Å². The Hall–Kier alpha value is -2.53. The van der Waals surface area contributed by atoms with Gasteiger partial charge in [-0.15, -0.1) is 0 Å². The highest BCUT2D eigenvalue weighted by atomic mass is 35.5. The average molecular weight is 362 g/mol. The Bertz CT molecular complexity index is 713. The summed E-state index contributed by atoms with van der Waals surface area (Å²) in [5.41, 5.74) is 1.13. The number of hydrogen-bond acceptors (Lipinski definition) is 4. The van der Waals surface area contributed by atoms with Crippen LogP contribution in [0.25, 0.3) is 0 Å². The van der Waals surface area contributed by atoms with Gasteiger partial charge in [0.05, 0.1) is 6.61 Å². The molecule has 2 aromatic carbocycles. The Morgan fingerprint density at radius 1 is 1.08 bits per heavy atom. The van der Waals surface area contributed by atoms with E-state index in [1.165, 1.54) is 0 Å². The predicted molar refractivity (Wildman–Crippen MR) is 97.2 cm³/mol. The van der Waals surface area contributed by atoms with Crippen LogP contribution in [0.4, 0.5) is 5.69 Å². The maximum Gasteiger partial charge on any atom is 0.347 e. The first kappa shape index (κ1) is 18.8. The molecule has 0 aliphatic carbocycles. The Morgan fingerprint density at radius 2 is 1.72 bits per heavy atom. The lowest BCUT2D eigenvalue weighted by Crippen LogP contribution is -2.26. The molecule has 5 nitrogen and oxygen atoms in total. The number of ether oxygens (including phenoxy) is 2. The van der Waals surface area contributed by atoms with Crippen LogP contribution in [-0.4, -0.2) is 24.6 Å². The van der Waals surface area contributed by atoms with E-state index in [2.05, 4.69) is 5.32 Å². The van der Waals surface area contributed by atoms with Crippen molar-refractivity contribution in [1.82, 2.24) is 0 Å². The molecule has 0 saturated heterocycles. The van der Waals surface area contributed by atoms with Crippen LogP contribution in [0.5, 0.6) is 5.75 Å². The zero-order valence-electron chi connectivity index (χ0n) is 14.1. The van der Waals surface area contributed by atoms with Crippen LogP contribution in [-0.2, 0) is 9.53 Å². The van der Waals surface area contributed by atoms with Crippen molar-refractivity contribution in [2.24, 2.45) is 0 Å². The van der Waals surface area contributed by atoms with E-state index in [0.717, 1.165) is 6.42 Å². The number of carbonyl (C=O) groups is 2. The highest BCUT2D eigenvalue weighted by molar-refractivity contribution is 6.30. The summed E-state index contributed by atoms with van der Waals surface area (Å²) in [5.74, 6) is -0.167. The van der Waals surface area contributed by atoms with Gasteiger partial charge >= 0.3 is 5.97 Å². The molecule has 0 spiro atoms. The molecular weight excluding hydrogens is 342 g/mol. The van der Waals surface area contributed by atoms with Crippen molar-refractivity contribution >= 4 is 29.2 Å². The number of benzene rings is 2. The topological polar surface area (TPSA) is 64.6 Å². The van der Waals surface area contributed by atoms with Gasteiger partial charge in [0.25, 0.3) is 5.91 Å². The number of halogens is 1. The number of nitrogens with one attached hydrogen (secondary N) is 1. The lowest BCUT2D eigenvalue weighted by Gasteiger charge is -2.14. The summed E-state index contributed by atoms with van der Waals surface area (Å²) < 4.78 is 10.5. The maximum atomic E-state index is 12.2. The molecule has 2 rings (SSSR count). The minimum Gasteiger partial charge on any atom is -0.479 e. The largest absolute Gasteiger partial charge is 0.479 e. The van der Waals surface area contributed by atoms with Crippen LogP contribution in [0.1, 0.15) is 30.6 Å². The summed E-state index contributed by atoms with van der Waals surface area (Å²) in [7, 11) is 0. The molecule has 0 saturated carbocycles. The molecule has 0 aromatic heterocycles. The molecule has 0 radical (unpaired) electrons. The second-order valence-corrected chi connectivity index (χ2v) is 5.85. The van der Waals surface area contributed by atoms with E-state index in [4.69, 9.17) is 21.1 Å². The van der Waals surface area contributed by atoms with Gasteiger partial charge in [0.15, 0.2) is 6.10 Å². The molecule has 0 aliphatic heterocycles. The number of rotatable bonds is 7. The molecule has 0 fully saturated rings. The van der Waals surface area contributed by atoms with Crippen molar-refractivity contribution in [3.8, 4) is 5.75 Å². The van der Waals surface area contributed by atoms with E-state index >= 15 is 0 Å². The Labute approximate surface area is 151 Å². The zero-order valence-corrected chi connectivity index (χ0v) is 14.9. The van der Waals surface area contributed by atoms with E-state index in [0.29, 0.717) is 28.6 Å². The number of esters is 1. The van der Waals surface area contributed by atoms with Gasteiger partial charge < -0.3 is 14.8 Å². The third-order valence-corrected chi connectivity index (χ3v) is 3.56. The Kier molecular flexibility index (Phi) is 6.83. The van der Waals surface area contributed by atoms with Crippen molar-refractivity contribution in [2.75, 3.05) is 11.9 Å². The van der Waals surface area contributed by atoms with Crippen LogP contribution >= 0.6 is 11.6 Å². The molecule has 1 unspecified atom stereocenters. The number of hydrogen-bond donors (Lipinski definition) is 1. The zero-order chi connectivity index (χ0) is 18.2. The summed E-state index contributed by atoms with van der Waals surface area (Å²) in [5, 5.41) is 3.38. The predicted octanol–water partition coefficient (Wildman–Crippen LogP) is 4.31. The van der Waals surface area contributed by atoms with Gasteiger partial charge in [-0.05, 0) is 61.9 Å². The van der Waals surface area contributed by atoms with E-state index < -0.39 is 12.1 Å². The van der Waals surface area contributed by atoms with Gasteiger partial charge in [0.2, 0.25) is 0 Å². The minimum atomic E-state index is -0.708. The monoisotopic (exact) mass is 361 g/mol. The number of amides is 1. The van der Waals surface area contributed by atoms with Gasteiger partial charge in [-0.2, -0.15) is 0 Å². The van der Waals surface area contributed by atoms with Crippen LogP contribution < -0.4 is 10.1 Å². The fourth-order valence-electron chi connectivity index (χ4n) is 1.99. The van der Waals surface area contributed by atoms with Gasteiger partial charge in [-0.25, -0.2) is 4.79 Å². The van der Waals surface area contributed by atoms with Crippen molar-refractivity contribution in [3.05, 3.63) is 59.1 Å². The lowest BCUT2D eigenvalue weighted by atomic mass is 10.2. The second-order valence-electron chi connectivity index (χ2n) is 5.41. The quantitative estimate of drug-likeness (QED) is 0.746. The Balaban J connectivity index is 1.93. The van der Waals surface area contributed by atoms with Gasteiger partial charge in [-0.1, -0.05) is 18.5 Å². The Morgan fingerprint density at radius 3 is 2.32 bits per heavy atom. The first-order valence-electron chi connectivity index (χ1n) is 8.00. The molecule has 1 amide bonds. The SMILES string of the molecule is CCCOC(=O)C(C)Oc1ccc(C(=O)Nc2ccc(Cl)cc2)cc1. The van der Waals surface area contributed by atoms with Crippen LogP contribution in [0.3, 0.4) is 0 Å². The number of carbonyl (C=O) groups excluding carboxylic acids is 2. The van der Waals surface area contributed by atoms with E-state index in [9.17, 15) is 9.59 Å². The fraction of sp³-hybridized carbons (Fsp3) is 0.263. The molecule has 132 valence electrons. The highest BCUT2D eigenvalue weighted by Gasteiger charge is 2.16. The third kappa shape index (κ3) is 5.80. The van der Waals surface area contributed by atoms with Gasteiger partial charge in [-0.3, -0.25) is 4.79 Å². The fourth-order valence-corrected chi connectivity index (χ4v) is 2.12. The molecular formula is C19H20ClNO4. The van der Waals surface area contributed by atoms with Crippen LogP contribution in [0, 0.1) is 0 Å². The maximum absolute atomic E-state index is 12.2. The van der Waals surface area contributed by atoms with Gasteiger partial charge in [0.1, 0.15) is 5.75 Å². The van der Waals surface area contributed by atoms with E-state index in [1.807, 2.05) is 6.92 Å². The summed E-state index contributed by atoms with van der Waals surface area (Å²) in [6.07, 6.45) is 0.0517. The molecule has 1 atom stereocenters. The number of anilines is 1. The van der Waals surface area contributed by atoms with E-state index in [-0.39, 0.29) is 5.91 Å². The minimum absolute atomic E-state index is 0.246. The molecule has 0 heterocycles. The van der Waals surface area contributed by atoms with E-state index in [1.54, 1.807) is 55.5 Å². The van der Waals surface area contributed by atoms with Crippen molar-refractivity contribution < 1.29 is 19.1 Å². The van der Waals surface area contributed by atoms with Crippen LogP contribution in [0.2, 0.25) is 5.02 Å². The summed E-state index contributed by atoms with van der Waals surface area (Å²) in [4.78, 5) is 23.9. The van der Waals surface area contributed by atoms with Crippen molar-refractivity contribution in [3.63, 3.8) is 0 Å². The first-order chi connectivity index (χ1) is 12.0. The normalized spacial score (nSPS) is 11.5. The molecule has 0 bridgehead atoms. The third-order valence-electron chi connectivity index (χ3n) is 3.31.